The highest BCUT2D eigenvalue weighted by Crippen LogP contribution is 2.45. The molecule has 2 aromatic carbocycles. The molecule has 0 aliphatic heterocycles. The number of rotatable bonds is 3. The number of ether oxygens (including phenoxy) is 1. The smallest absolute Gasteiger partial charge is 0.187 e. The fourth-order valence-corrected chi connectivity index (χ4v) is 5.08. The average Bonchev–Trinajstić information content (AvgIpc) is 2.96. The first-order valence-electron chi connectivity index (χ1n) is 7.63. The molecule has 3 aromatic rings. The van der Waals surface area contributed by atoms with Crippen molar-refractivity contribution < 1.29 is 4.74 Å². The molecule has 0 spiro atoms. The van der Waals surface area contributed by atoms with E-state index in [1.54, 1.807) is 24.5 Å². The summed E-state index contributed by atoms with van der Waals surface area (Å²) in [6.45, 7) is 0. The largest absolute Gasteiger partial charge is 0.496 e. The van der Waals surface area contributed by atoms with E-state index in [9.17, 15) is 0 Å². The van der Waals surface area contributed by atoms with Crippen LogP contribution >= 0.6 is 50.5 Å². The molecule has 1 N–H and O–H groups in total. The predicted octanol–water partition coefficient (Wildman–Crippen LogP) is 6.73. The molecule has 0 atom stereocenters. The molecular weight excluding hydrogens is 443 g/mol. The van der Waals surface area contributed by atoms with Gasteiger partial charge in [0.2, 0.25) is 0 Å². The van der Waals surface area contributed by atoms with Gasteiger partial charge in [-0.05, 0) is 48.7 Å². The molecule has 0 amide bonds. The van der Waals surface area contributed by atoms with E-state index >= 15 is 0 Å². The summed E-state index contributed by atoms with van der Waals surface area (Å²) >= 11 is 17.5. The second-order valence-electron chi connectivity index (χ2n) is 5.68. The van der Waals surface area contributed by atoms with Gasteiger partial charge in [0.05, 0.1) is 12.8 Å². The minimum absolute atomic E-state index is 0.590. The number of hydrogen-bond donors (Lipinski definition) is 1. The molecule has 1 aromatic heterocycles. The van der Waals surface area contributed by atoms with Gasteiger partial charge >= 0.3 is 0 Å². The third-order valence-corrected chi connectivity index (χ3v) is 6.30. The molecular formula is C18H13BrCl2N2OS. The molecule has 0 saturated heterocycles. The number of benzene rings is 2. The lowest BCUT2D eigenvalue weighted by Gasteiger charge is -2.19. The molecule has 3 nitrogen and oxygen atoms in total. The summed E-state index contributed by atoms with van der Waals surface area (Å²) in [5.41, 5.74) is 4.13. The van der Waals surface area contributed by atoms with E-state index in [1.807, 2.05) is 24.3 Å². The van der Waals surface area contributed by atoms with Gasteiger partial charge in [0.1, 0.15) is 5.75 Å². The van der Waals surface area contributed by atoms with Crippen molar-refractivity contribution in [1.29, 1.82) is 0 Å². The fraction of sp³-hybridized carbons (Fsp3) is 0.167. The number of hydrogen-bond acceptors (Lipinski definition) is 4. The summed E-state index contributed by atoms with van der Waals surface area (Å²) in [5.74, 6) is 0.849. The summed E-state index contributed by atoms with van der Waals surface area (Å²) in [7, 11) is 1.69. The monoisotopic (exact) mass is 454 g/mol. The zero-order valence-corrected chi connectivity index (χ0v) is 17.1. The van der Waals surface area contributed by atoms with Crippen LogP contribution in [0.2, 0.25) is 10.0 Å². The number of aryl methyl sites for hydroxylation is 1. The fourth-order valence-electron chi connectivity index (χ4n) is 3.03. The van der Waals surface area contributed by atoms with Crippen LogP contribution in [-0.2, 0) is 12.8 Å². The normalized spacial score (nSPS) is 12.5. The molecule has 4 rings (SSSR count). The van der Waals surface area contributed by atoms with Crippen molar-refractivity contribution in [3.05, 3.63) is 55.3 Å². The average molecular weight is 456 g/mol. The highest BCUT2D eigenvalue weighted by molar-refractivity contribution is 9.10. The van der Waals surface area contributed by atoms with Crippen molar-refractivity contribution >= 4 is 61.3 Å². The lowest BCUT2D eigenvalue weighted by atomic mass is 9.93. The van der Waals surface area contributed by atoms with Gasteiger partial charge in [-0.3, -0.25) is 0 Å². The Bertz CT molecular complexity index is 954. The molecule has 0 fully saturated rings. The van der Waals surface area contributed by atoms with Crippen LogP contribution in [0.4, 0.5) is 10.8 Å². The van der Waals surface area contributed by atoms with Crippen molar-refractivity contribution in [2.45, 2.75) is 12.8 Å². The maximum absolute atomic E-state index is 6.08. The molecule has 1 aliphatic carbocycles. The van der Waals surface area contributed by atoms with Gasteiger partial charge in [-0.2, -0.15) is 0 Å². The van der Waals surface area contributed by atoms with E-state index in [4.69, 9.17) is 32.9 Å². The lowest BCUT2D eigenvalue weighted by molar-refractivity contribution is 0.415. The van der Waals surface area contributed by atoms with Gasteiger partial charge in [0, 0.05) is 30.6 Å². The maximum Gasteiger partial charge on any atom is 0.187 e. The Morgan fingerprint density at radius 1 is 1.16 bits per heavy atom. The summed E-state index contributed by atoms with van der Waals surface area (Å²) in [6.07, 6.45) is 1.93. The van der Waals surface area contributed by atoms with E-state index in [-0.39, 0.29) is 0 Å². The van der Waals surface area contributed by atoms with Crippen LogP contribution in [0, 0.1) is 0 Å². The number of anilines is 2. The molecule has 128 valence electrons. The van der Waals surface area contributed by atoms with Crippen molar-refractivity contribution in [1.82, 2.24) is 4.98 Å². The molecule has 7 heteroatoms. The first-order valence-corrected chi connectivity index (χ1v) is 10.0. The molecule has 1 heterocycles. The minimum atomic E-state index is 0.590. The Hall–Kier alpha value is -1.27. The Morgan fingerprint density at radius 2 is 1.92 bits per heavy atom. The van der Waals surface area contributed by atoms with E-state index in [1.165, 1.54) is 10.4 Å². The second kappa shape index (κ2) is 6.80. The Kier molecular flexibility index (Phi) is 4.67. The summed E-state index contributed by atoms with van der Waals surface area (Å²) < 4.78 is 6.67. The first-order chi connectivity index (χ1) is 12.0. The lowest BCUT2D eigenvalue weighted by Crippen LogP contribution is -2.05. The van der Waals surface area contributed by atoms with Crippen molar-refractivity contribution in [3.8, 4) is 17.0 Å². The Morgan fingerprint density at radius 3 is 2.64 bits per heavy atom. The Labute approximate surface area is 168 Å². The summed E-state index contributed by atoms with van der Waals surface area (Å²) in [6, 6.07) is 9.38. The first kappa shape index (κ1) is 17.2. The van der Waals surface area contributed by atoms with Gasteiger partial charge < -0.3 is 10.1 Å². The molecule has 0 saturated carbocycles. The van der Waals surface area contributed by atoms with Crippen LogP contribution in [0.5, 0.6) is 5.75 Å². The number of thiazole rings is 1. The number of aromatic nitrogens is 1. The summed E-state index contributed by atoms with van der Waals surface area (Å²) in [5, 5.41) is 5.31. The minimum Gasteiger partial charge on any atom is -0.496 e. The topological polar surface area (TPSA) is 34.1 Å². The quantitative estimate of drug-likeness (QED) is 0.475. The van der Waals surface area contributed by atoms with Gasteiger partial charge in [-0.25, -0.2) is 4.98 Å². The van der Waals surface area contributed by atoms with Gasteiger partial charge in [0.15, 0.2) is 5.13 Å². The highest BCUT2D eigenvalue weighted by atomic mass is 79.9. The second-order valence-corrected chi connectivity index (χ2v) is 8.49. The number of halogens is 3. The van der Waals surface area contributed by atoms with Crippen LogP contribution in [0.15, 0.2) is 34.8 Å². The third kappa shape index (κ3) is 3.26. The van der Waals surface area contributed by atoms with Crippen molar-refractivity contribution in [3.63, 3.8) is 0 Å². The van der Waals surface area contributed by atoms with Crippen molar-refractivity contribution in [2.75, 3.05) is 12.4 Å². The SMILES string of the molecule is COc1ccc(Br)c2c1-c1nc(Nc3cc(Cl)cc(Cl)c3)sc1CC2. The summed E-state index contributed by atoms with van der Waals surface area (Å²) in [4.78, 5) is 6.07. The van der Waals surface area contributed by atoms with E-state index in [0.29, 0.717) is 10.0 Å². The van der Waals surface area contributed by atoms with Crippen LogP contribution < -0.4 is 10.1 Å². The van der Waals surface area contributed by atoms with Gasteiger partial charge in [0.25, 0.3) is 0 Å². The van der Waals surface area contributed by atoms with E-state index in [0.717, 1.165) is 45.1 Å². The van der Waals surface area contributed by atoms with Gasteiger partial charge in [-0.1, -0.05) is 39.1 Å². The number of nitrogens with zero attached hydrogens (tertiary/aromatic N) is 1. The molecule has 25 heavy (non-hydrogen) atoms. The number of methoxy groups -OCH3 is 1. The number of nitrogens with one attached hydrogen (secondary N) is 1. The molecule has 0 radical (unpaired) electrons. The zero-order valence-electron chi connectivity index (χ0n) is 13.2. The molecule has 0 unspecified atom stereocenters. The van der Waals surface area contributed by atoms with Crippen LogP contribution in [0.25, 0.3) is 11.3 Å². The molecule has 1 aliphatic rings. The standard InChI is InChI=1S/C18H13BrCl2N2OS/c1-24-14-4-3-13(19)12-2-5-15-17(16(12)14)23-18(25-15)22-11-7-9(20)6-10(21)8-11/h3-4,6-8H,2,5H2,1H3,(H,22,23). The Balaban J connectivity index is 1.76. The van der Waals surface area contributed by atoms with E-state index < -0.39 is 0 Å². The van der Waals surface area contributed by atoms with Crippen LogP contribution in [-0.4, -0.2) is 12.1 Å². The number of fused-ring (bicyclic) bond motifs is 3. The van der Waals surface area contributed by atoms with Crippen LogP contribution in [0.1, 0.15) is 10.4 Å². The van der Waals surface area contributed by atoms with Crippen LogP contribution in [0.3, 0.4) is 0 Å². The highest BCUT2D eigenvalue weighted by Gasteiger charge is 2.26. The van der Waals surface area contributed by atoms with E-state index in [2.05, 4.69) is 21.2 Å². The zero-order chi connectivity index (χ0) is 17.6. The molecule has 0 bridgehead atoms. The maximum atomic E-state index is 6.08. The van der Waals surface area contributed by atoms with Crippen molar-refractivity contribution in [2.24, 2.45) is 0 Å². The van der Waals surface area contributed by atoms with Gasteiger partial charge in [-0.15, -0.1) is 11.3 Å². The third-order valence-electron chi connectivity index (χ3n) is 4.09. The predicted molar refractivity (Wildman–Crippen MR) is 109 cm³/mol.